The predicted octanol–water partition coefficient (Wildman–Crippen LogP) is 3.57. The van der Waals surface area contributed by atoms with Crippen molar-refractivity contribution in [3.8, 4) is 11.3 Å². The molecule has 1 fully saturated rings. The molecule has 1 amide bonds. The minimum atomic E-state index is -2.70. The van der Waals surface area contributed by atoms with Crippen LogP contribution in [0.2, 0.25) is 0 Å². The molecule has 0 bridgehead atoms. The normalized spacial score (nSPS) is 16.3. The minimum absolute atomic E-state index is 0.0344. The van der Waals surface area contributed by atoms with E-state index < -0.39 is 11.9 Å². The van der Waals surface area contributed by atoms with Crippen molar-refractivity contribution >= 4 is 17.5 Å². The number of nitrogens with zero attached hydrogens (tertiary/aromatic N) is 3. The lowest BCUT2D eigenvalue weighted by molar-refractivity contribution is -0.0494. The van der Waals surface area contributed by atoms with E-state index in [4.69, 9.17) is 5.11 Å². The van der Waals surface area contributed by atoms with Crippen molar-refractivity contribution in [2.75, 3.05) is 13.1 Å². The van der Waals surface area contributed by atoms with Crippen LogP contribution >= 0.6 is 0 Å². The molecule has 1 saturated heterocycles. The molecule has 0 aliphatic carbocycles. The lowest BCUT2D eigenvalue weighted by Crippen LogP contribution is -2.42. The lowest BCUT2D eigenvalue weighted by atomic mass is 10.1. The molecule has 0 spiro atoms. The molecule has 1 aromatic carbocycles. The van der Waals surface area contributed by atoms with Crippen molar-refractivity contribution in [2.24, 2.45) is 0 Å². The van der Waals surface area contributed by atoms with E-state index in [0.29, 0.717) is 11.2 Å². The van der Waals surface area contributed by atoms with E-state index in [1.54, 1.807) is 41.1 Å². The van der Waals surface area contributed by atoms with E-state index in [9.17, 15) is 18.4 Å². The number of likely N-dealkylation sites (tertiary alicyclic amines) is 1. The summed E-state index contributed by atoms with van der Waals surface area (Å²) in [5.74, 6) is -3.98. The molecule has 3 heterocycles. The van der Waals surface area contributed by atoms with Gasteiger partial charge in [-0.25, -0.2) is 18.6 Å². The van der Waals surface area contributed by atoms with Gasteiger partial charge in [-0.15, -0.1) is 0 Å². The molecule has 144 valence electrons. The maximum absolute atomic E-state index is 13.3. The van der Waals surface area contributed by atoms with Crippen LogP contribution < -0.4 is 0 Å². The quantitative estimate of drug-likeness (QED) is 0.748. The summed E-state index contributed by atoms with van der Waals surface area (Å²) in [6, 6.07) is 9.69. The van der Waals surface area contributed by atoms with Gasteiger partial charge in [0.25, 0.3) is 11.8 Å². The van der Waals surface area contributed by atoms with Crippen molar-refractivity contribution in [1.82, 2.24) is 14.3 Å². The van der Waals surface area contributed by atoms with Crippen molar-refractivity contribution in [2.45, 2.75) is 18.8 Å². The number of imidazole rings is 1. The highest BCUT2D eigenvalue weighted by molar-refractivity contribution is 5.95. The van der Waals surface area contributed by atoms with Crippen LogP contribution in [0.3, 0.4) is 0 Å². The number of rotatable bonds is 3. The first-order valence-corrected chi connectivity index (χ1v) is 8.82. The number of carboxylic acid groups (broad SMARTS) is 1. The monoisotopic (exact) mass is 385 g/mol. The van der Waals surface area contributed by atoms with Crippen molar-refractivity contribution in [3.63, 3.8) is 0 Å². The first-order chi connectivity index (χ1) is 13.3. The number of aromatic nitrogens is 2. The Bertz CT molecular complexity index is 1050. The Morgan fingerprint density at radius 2 is 1.71 bits per heavy atom. The van der Waals surface area contributed by atoms with E-state index >= 15 is 0 Å². The zero-order valence-corrected chi connectivity index (χ0v) is 14.8. The molecule has 1 aliphatic rings. The van der Waals surface area contributed by atoms with Gasteiger partial charge in [-0.2, -0.15) is 0 Å². The second-order valence-corrected chi connectivity index (χ2v) is 6.82. The smallest absolute Gasteiger partial charge is 0.335 e. The van der Waals surface area contributed by atoms with Gasteiger partial charge in [0.05, 0.1) is 17.5 Å². The summed E-state index contributed by atoms with van der Waals surface area (Å²) < 4.78 is 28.4. The largest absolute Gasteiger partial charge is 0.478 e. The average molecular weight is 385 g/mol. The molecule has 2 aromatic heterocycles. The molecule has 6 nitrogen and oxygen atoms in total. The van der Waals surface area contributed by atoms with Gasteiger partial charge in [0, 0.05) is 43.3 Å². The highest BCUT2D eigenvalue weighted by Gasteiger charge is 2.35. The molecule has 0 atom stereocenters. The Kier molecular flexibility index (Phi) is 4.33. The minimum Gasteiger partial charge on any atom is -0.478 e. The summed E-state index contributed by atoms with van der Waals surface area (Å²) >= 11 is 0. The number of aromatic carboxylic acids is 1. The second kappa shape index (κ2) is 6.70. The van der Waals surface area contributed by atoms with E-state index in [1.807, 2.05) is 0 Å². The number of halogens is 2. The lowest BCUT2D eigenvalue weighted by Gasteiger charge is -2.31. The summed E-state index contributed by atoms with van der Waals surface area (Å²) in [7, 11) is 0. The Morgan fingerprint density at radius 3 is 2.36 bits per heavy atom. The first-order valence-electron chi connectivity index (χ1n) is 8.82. The number of fused-ring (bicyclic) bond motifs is 1. The van der Waals surface area contributed by atoms with Gasteiger partial charge in [-0.3, -0.25) is 9.20 Å². The fourth-order valence-corrected chi connectivity index (χ4v) is 3.33. The third-order valence-corrected chi connectivity index (χ3v) is 4.97. The number of carbonyl (C=O) groups excluding carboxylic acids is 1. The highest BCUT2D eigenvalue weighted by Crippen LogP contribution is 2.29. The predicted molar refractivity (Wildman–Crippen MR) is 97.7 cm³/mol. The van der Waals surface area contributed by atoms with Crippen LogP contribution in [-0.2, 0) is 0 Å². The molecule has 1 N–H and O–H groups in total. The van der Waals surface area contributed by atoms with Gasteiger partial charge >= 0.3 is 5.97 Å². The fraction of sp³-hybridized carbons (Fsp3) is 0.250. The van der Waals surface area contributed by atoms with E-state index in [1.165, 1.54) is 17.0 Å². The molecule has 0 radical (unpaired) electrons. The topological polar surface area (TPSA) is 74.9 Å². The van der Waals surface area contributed by atoms with Crippen LogP contribution in [0.25, 0.3) is 16.9 Å². The van der Waals surface area contributed by atoms with E-state index in [2.05, 4.69) is 4.98 Å². The SMILES string of the molecule is O=C(O)c1ccc(-c2cnc3cc(C(=O)N4CCC(F)(F)CC4)ccn23)cc1. The van der Waals surface area contributed by atoms with Gasteiger partial charge in [0.2, 0.25) is 0 Å². The average Bonchev–Trinajstić information content (AvgIpc) is 3.10. The number of alkyl halides is 2. The molecule has 1 aliphatic heterocycles. The van der Waals surface area contributed by atoms with Gasteiger partial charge < -0.3 is 10.0 Å². The van der Waals surface area contributed by atoms with Crippen molar-refractivity contribution in [3.05, 3.63) is 59.9 Å². The summed E-state index contributed by atoms with van der Waals surface area (Å²) in [4.78, 5) is 29.4. The first kappa shape index (κ1) is 18.1. The molecule has 3 aromatic rings. The second-order valence-electron chi connectivity index (χ2n) is 6.82. The molecule has 0 saturated carbocycles. The molecule has 8 heteroatoms. The number of amides is 1. The van der Waals surface area contributed by atoms with Crippen LogP contribution in [0, 0.1) is 0 Å². The zero-order chi connectivity index (χ0) is 19.9. The Morgan fingerprint density at radius 1 is 1.04 bits per heavy atom. The standard InChI is InChI=1S/C20H17F2N3O3/c21-20(22)6-9-24(10-7-20)18(26)15-5-8-25-16(12-23-17(25)11-15)13-1-3-14(4-2-13)19(27)28/h1-5,8,11-12H,6-7,9-10H2,(H,27,28). The third-order valence-electron chi connectivity index (χ3n) is 4.97. The molecular weight excluding hydrogens is 368 g/mol. The van der Waals surface area contributed by atoms with Crippen molar-refractivity contribution in [1.29, 1.82) is 0 Å². The molecule has 4 rings (SSSR count). The van der Waals surface area contributed by atoms with Crippen LogP contribution in [0.5, 0.6) is 0 Å². The van der Waals surface area contributed by atoms with Crippen molar-refractivity contribution < 1.29 is 23.5 Å². The maximum atomic E-state index is 13.3. The summed E-state index contributed by atoms with van der Waals surface area (Å²) in [5, 5.41) is 9.00. The summed E-state index contributed by atoms with van der Waals surface area (Å²) in [5.41, 5.74) is 2.68. The van der Waals surface area contributed by atoms with Crippen LogP contribution in [0.15, 0.2) is 48.8 Å². The molecule has 0 unspecified atom stereocenters. The molecular formula is C20H17F2N3O3. The third kappa shape index (κ3) is 3.33. The number of piperidine rings is 1. The van der Waals surface area contributed by atoms with E-state index in [-0.39, 0.29) is 37.4 Å². The Hall–Kier alpha value is -3.29. The number of hydrogen-bond donors (Lipinski definition) is 1. The highest BCUT2D eigenvalue weighted by atomic mass is 19.3. The number of benzene rings is 1. The zero-order valence-electron chi connectivity index (χ0n) is 14.8. The maximum Gasteiger partial charge on any atom is 0.335 e. The summed E-state index contributed by atoms with van der Waals surface area (Å²) in [6.07, 6.45) is 2.71. The Balaban J connectivity index is 1.59. The van der Waals surface area contributed by atoms with Crippen LogP contribution in [-0.4, -0.2) is 50.3 Å². The van der Waals surface area contributed by atoms with E-state index in [0.717, 1.165) is 11.3 Å². The summed E-state index contributed by atoms with van der Waals surface area (Å²) in [6.45, 7) is 0.0687. The Labute approximate surface area is 159 Å². The number of hydrogen-bond acceptors (Lipinski definition) is 3. The fourth-order valence-electron chi connectivity index (χ4n) is 3.33. The van der Waals surface area contributed by atoms with Gasteiger partial charge in [0.15, 0.2) is 0 Å². The molecule has 28 heavy (non-hydrogen) atoms. The number of pyridine rings is 1. The number of carboxylic acids is 1. The van der Waals surface area contributed by atoms with Crippen LogP contribution in [0.4, 0.5) is 8.78 Å². The van der Waals surface area contributed by atoms with Crippen LogP contribution in [0.1, 0.15) is 33.6 Å². The van der Waals surface area contributed by atoms with Gasteiger partial charge in [-0.05, 0) is 24.3 Å². The van der Waals surface area contributed by atoms with Gasteiger partial charge in [0.1, 0.15) is 5.65 Å². The van der Waals surface area contributed by atoms with Gasteiger partial charge in [-0.1, -0.05) is 12.1 Å². The number of carbonyl (C=O) groups is 2.